The molecule has 1 aromatic heterocycles. The molecule has 3 N–H and O–H groups in total. The molecule has 0 atom stereocenters. The highest BCUT2D eigenvalue weighted by Gasteiger charge is 2.36. The maximum absolute atomic E-state index is 11.6. The molecule has 0 unspecified atom stereocenters. The molecule has 0 radical (unpaired) electrons. The second-order valence-electron chi connectivity index (χ2n) is 6.26. The van der Waals surface area contributed by atoms with E-state index in [1.54, 1.807) is 18.2 Å². The van der Waals surface area contributed by atoms with E-state index in [2.05, 4.69) is 20.1 Å². The van der Waals surface area contributed by atoms with Gasteiger partial charge in [0.2, 0.25) is 0 Å². The fraction of sp³-hybridized carbons (Fsp3) is 0.438. The Morgan fingerprint density at radius 1 is 1.30 bits per heavy atom. The van der Waals surface area contributed by atoms with Gasteiger partial charge in [0.1, 0.15) is 5.82 Å². The van der Waals surface area contributed by atoms with Crippen LogP contribution in [0.1, 0.15) is 59.6 Å². The zero-order valence-electron chi connectivity index (χ0n) is 12.6. The summed E-state index contributed by atoms with van der Waals surface area (Å²) in [5.74, 6) is 2.11. The van der Waals surface area contributed by atoms with Crippen LogP contribution in [0.2, 0.25) is 5.02 Å². The number of benzene rings is 1. The molecule has 0 bridgehead atoms. The summed E-state index contributed by atoms with van der Waals surface area (Å²) in [5, 5.41) is 12.5. The van der Waals surface area contributed by atoms with Gasteiger partial charge in [0.15, 0.2) is 5.82 Å². The average molecular weight is 332 g/mol. The predicted molar refractivity (Wildman–Crippen MR) is 87.6 cm³/mol. The van der Waals surface area contributed by atoms with Crippen LogP contribution in [-0.2, 0) is 6.54 Å². The van der Waals surface area contributed by atoms with Crippen molar-refractivity contribution in [2.45, 2.75) is 44.2 Å². The normalized spacial score (nSPS) is 17.3. The lowest BCUT2D eigenvalue weighted by molar-refractivity contribution is 0.100. The molecule has 6 nitrogen and oxygen atoms in total. The number of carbonyl (C=O) groups excluding carboxylic acids is 1. The quantitative estimate of drug-likeness (QED) is 0.852. The smallest absolute Gasteiger partial charge is 0.250 e. The largest absolute Gasteiger partial charge is 0.377 e. The van der Waals surface area contributed by atoms with Crippen LogP contribution in [0.25, 0.3) is 0 Å². The molecule has 7 heteroatoms. The molecule has 1 amide bonds. The van der Waals surface area contributed by atoms with Crippen LogP contribution in [0.15, 0.2) is 18.2 Å². The lowest BCUT2D eigenvalue weighted by atomic mass is 10.1. The first-order valence-corrected chi connectivity index (χ1v) is 8.28. The van der Waals surface area contributed by atoms with Crippen molar-refractivity contribution >= 4 is 23.2 Å². The van der Waals surface area contributed by atoms with Gasteiger partial charge in [0.25, 0.3) is 5.91 Å². The third-order valence-corrected chi connectivity index (χ3v) is 4.57. The first kappa shape index (κ1) is 14.5. The van der Waals surface area contributed by atoms with Gasteiger partial charge in [-0.25, -0.2) is 0 Å². The minimum Gasteiger partial charge on any atom is -0.377 e. The van der Waals surface area contributed by atoms with Crippen LogP contribution in [0, 0.1) is 0 Å². The molecule has 0 saturated heterocycles. The van der Waals surface area contributed by atoms with E-state index < -0.39 is 5.91 Å². The minimum atomic E-state index is -0.502. The number of anilines is 1. The van der Waals surface area contributed by atoms with Crippen LogP contribution in [0.4, 0.5) is 5.69 Å². The lowest BCUT2D eigenvalue weighted by Gasteiger charge is -2.12. The molecule has 0 aliphatic heterocycles. The molecule has 2 fully saturated rings. The van der Waals surface area contributed by atoms with Gasteiger partial charge in [-0.05, 0) is 43.9 Å². The lowest BCUT2D eigenvalue weighted by Crippen LogP contribution is -2.16. The zero-order chi connectivity index (χ0) is 16.0. The number of carbonyl (C=O) groups is 1. The van der Waals surface area contributed by atoms with Crippen molar-refractivity contribution in [3.05, 3.63) is 40.4 Å². The topological polar surface area (TPSA) is 85.8 Å². The van der Waals surface area contributed by atoms with Gasteiger partial charge in [-0.1, -0.05) is 11.6 Å². The summed E-state index contributed by atoms with van der Waals surface area (Å²) in [7, 11) is 0. The number of primary amides is 1. The second kappa shape index (κ2) is 5.53. The number of hydrogen-bond donors (Lipinski definition) is 2. The Bertz CT molecular complexity index is 764. The third kappa shape index (κ3) is 2.91. The molecular formula is C16H18ClN5O. The van der Waals surface area contributed by atoms with Gasteiger partial charge in [0, 0.05) is 22.7 Å². The highest BCUT2D eigenvalue weighted by molar-refractivity contribution is 6.31. The van der Waals surface area contributed by atoms with Crippen molar-refractivity contribution < 1.29 is 4.79 Å². The summed E-state index contributed by atoms with van der Waals surface area (Å²) >= 11 is 5.94. The van der Waals surface area contributed by atoms with Crippen LogP contribution in [-0.4, -0.2) is 20.7 Å². The Labute approximate surface area is 139 Å². The molecule has 4 rings (SSSR count). The Balaban J connectivity index is 1.57. The number of halogens is 1. The summed E-state index contributed by atoms with van der Waals surface area (Å²) in [6.45, 7) is 0.512. The Hall–Kier alpha value is -2.08. The SMILES string of the molecule is NC(=O)c1cc(Cl)ccc1NCc1nnc(C2CC2)n1C1CC1. The molecule has 2 aliphatic carbocycles. The van der Waals surface area contributed by atoms with Crippen molar-refractivity contribution in [2.75, 3.05) is 5.32 Å². The van der Waals surface area contributed by atoms with Crippen LogP contribution < -0.4 is 11.1 Å². The number of rotatable bonds is 6. The zero-order valence-corrected chi connectivity index (χ0v) is 13.4. The Kier molecular flexibility index (Phi) is 3.49. The number of hydrogen-bond acceptors (Lipinski definition) is 4. The highest BCUT2D eigenvalue weighted by Crippen LogP contribution is 2.44. The number of aromatic nitrogens is 3. The van der Waals surface area contributed by atoms with Crippen molar-refractivity contribution in [1.82, 2.24) is 14.8 Å². The molecule has 0 spiro atoms. The van der Waals surface area contributed by atoms with Crippen LogP contribution in [0.3, 0.4) is 0 Å². The van der Waals surface area contributed by atoms with Crippen molar-refractivity contribution in [3.63, 3.8) is 0 Å². The fourth-order valence-corrected chi connectivity index (χ4v) is 3.03. The van der Waals surface area contributed by atoms with Crippen LogP contribution in [0.5, 0.6) is 0 Å². The first-order valence-electron chi connectivity index (χ1n) is 7.90. The summed E-state index contributed by atoms with van der Waals surface area (Å²) in [5.41, 5.74) is 6.48. The summed E-state index contributed by atoms with van der Waals surface area (Å²) < 4.78 is 2.28. The van der Waals surface area contributed by atoms with E-state index in [0.717, 1.165) is 11.6 Å². The van der Waals surface area contributed by atoms with E-state index >= 15 is 0 Å². The maximum Gasteiger partial charge on any atom is 0.250 e. The van der Waals surface area contributed by atoms with Gasteiger partial charge in [0.05, 0.1) is 12.1 Å². The molecule has 2 saturated carbocycles. The van der Waals surface area contributed by atoms with Gasteiger partial charge in [-0.2, -0.15) is 0 Å². The average Bonchev–Trinajstić information content (AvgIpc) is 3.44. The molecule has 2 aromatic rings. The predicted octanol–water partition coefficient (Wildman–Crippen LogP) is 2.85. The third-order valence-electron chi connectivity index (χ3n) is 4.33. The monoisotopic (exact) mass is 331 g/mol. The van der Waals surface area contributed by atoms with E-state index in [1.807, 2.05) is 0 Å². The number of nitrogens with one attached hydrogen (secondary N) is 1. The minimum absolute atomic E-state index is 0.386. The van der Waals surface area contributed by atoms with Gasteiger partial charge in [-0.3, -0.25) is 4.79 Å². The molecule has 1 aromatic carbocycles. The standard InChI is InChI=1S/C16H18ClN5O/c17-10-3-6-13(12(7-10)15(18)23)19-8-14-20-21-16(9-1-2-9)22(14)11-4-5-11/h3,6-7,9,11,19H,1-2,4-5,8H2,(H2,18,23). The van der Waals surface area contributed by atoms with E-state index in [4.69, 9.17) is 17.3 Å². The van der Waals surface area contributed by atoms with E-state index in [9.17, 15) is 4.79 Å². The summed E-state index contributed by atoms with van der Waals surface area (Å²) in [6.07, 6.45) is 4.80. The maximum atomic E-state index is 11.6. The van der Waals surface area contributed by atoms with Crippen molar-refractivity contribution in [1.29, 1.82) is 0 Å². The molecular weight excluding hydrogens is 314 g/mol. The molecule has 120 valence electrons. The summed E-state index contributed by atoms with van der Waals surface area (Å²) in [4.78, 5) is 11.6. The van der Waals surface area contributed by atoms with E-state index in [0.29, 0.717) is 34.8 Å². The second-order valence-corrected chi connectivity index (χ2v) is 6.69. The molecule has 1 heterocycles. The number of nitrogens with zero attached hydrogens (tertiary/aromatic N) is 3. The van der Waals surface area contributed by atoms with Gasteiger partial charge in [-0.15, -0.1) is 10.2 Å². The number of amides is 1. The molecule has 2 aliphatic rings. The number of nitrogens with two attached hydrogens (primary N) is 1. The van der Waals surface area contributed by atoms with E-state index in [1.165, 1.54) is 25.7 Å². The van der Waals surface area contributed by atoms with Crippen molar-refractivity contribution in [2.24, 2.45) is 5.73 Å². The first-order chi connectivity index (χ1) is 11.1. The Morgan fingerprint density at radius 3 is 2.74 bits per heavy atom. The van der Waals surface area contributed by atoms with Crippen LogP contribution >= 0.6 is 11.6 Å². The molecule has 23 heavy (non-hydrogen) atoms. The fourth-order valence-electron chi connectivity index (χ4n) is 2.86. The van der Waals surface area contributed by atoms with E-state index in [-0.39, 0.29) is 0 Å². The highest BCUT2D eigenvalue weighted by atomic mass is 35.5. The summed E-state index contributed by atoms with van der Waals surface area (Å²) in [6, 6.07) is 5.62. The Morgan fingerprint density at radius 2 is 2.09 bits per heavy atom. The van der Waals surface area contributed by atoms with Crippen molar-refractivity contribution in [3.8, 4) is 0 Å². The van der Waals surface area contributed by atoms with Gasteiger partial charge < -0.3 is 15.6 Å². The van der Waals surface area contributed by atoms with Gasteiger partial charge >= 0.3 is 0 Å².